The summed E-state index contributed by atoms with van der Waals surface area (Å²) in [6, 6.07) is 0. The Bertz CT molecular complexity index is 154. The molecule has 1 nitrogen and oxygen atoms in total. The highest BCUT2D eigenvalue weighted by atomic mass is 16.1. The second-order valence-corrected chi connectivity index (χ2v) is 5.30. The molecule has 0 rings (SSSR count). The van der Waals surface area contributed by atoms with E-state index in [-0.39, 0.29) is 0 Å². The molecule has 0 heterocycles. The van der Waals surface area contributed by atoms with Crippen LogP contribution in [0.15, 0.2) is 0 Å². The number of rotatable bonds is 13. The summed E-state index contributed by atoms with van der Waals surface area (Å²) in [5.74, 6) is 0.343. The van der Waals surface area contributed by atoms with Gasteiger partial charge < -0.3 is 4.79 Å². The van der Waals surface area contributed by atoms with Gasteiger partial charge >= 0.3 is 0 Å². The molecule has 0 aromatic carbocycles. The molecule has 0 bridgehead atoms. The van der Waals surface area contributed by atoms with Crippen molar-refractivity contribution in [3.8, 4) is 0 Å². The number of hydrogen-bond acceptors (Lipinski definition) is 1. The maximum Gasteiger partial charge on any atom is 0.123 e. The van der Waals surface area contributed by atoms with Gasteiger partial charge in [-0.15, -0.1) is 0 Å². The molecule has 0 aromatic rings. The van der Waals surface area contributed by atoms with Crippen LogP contribution in [0.5, 0.6) is 0 Å². The first-order valence-electron chi connectivity index (χ1n) is 7.80. The average Bonchev–Trinajstić information content (AvgIpc) is 2.36. The van der Waals surface area contributed by atoms with Gasteiger partial charge in [0, 0.05) is 5.92 Å². The highest BCUT2D eigenvalue weighted by Gasteiger charge is 2.05. The Balaban J connectivity index is 3.22. The predicted octanol–water partition coefficient (Wildman–Crippen LogP) is 5.52. The van der Waals surface area contributed by atoms with Gasteiger partial charge in [-0.1, -0.05) is 78.1 Å². The Hall–Kier alpha value is -0.330. The van der Waals surface area contributed by atoms with Crippen LogP contribution in [0.25, 0.3) is 0 Å². The lowest BCUT2D eigenvalue weighted by Gasteiger charge is -2.08. The van der Waals surface area contributed by atoms with E-state index in [0.29, 0.717) is 5.92 Å². The van der Waals surface area contributed by atoms with Crippen molar-refractivity contribution < 1.29 is 4.79 Å². The Kier molecular flexibility index (Phi) is 13.5. The zero-order valence-corrected chi connectivity index (χ0v) is 12.0. The summed E-state index contributed by atoms with van der Waals surface area (Å²) in [6.07, 6.45) is 16.7. The maximum atomic E-state index is 10.8. The monoisotopic (exact) mass is 240 g/mol. The van der Waals surface area contributed by atoms with Gasteiger partial charge in [0.15, 0.2) is 0 Å². The summed E-state index contributed by atoms with van der Waals surface area (Å²) in [5, 5.41) is 0. The number of unbranched alkanes of at least 4 members (excludes halogenated alkanes) is 8. The molecule has 1 unspecified atom stereocenters. The fraction of sp³-hybridized carbons (Fsp3) is 0.938. The molecule has 1 heteroatoms. The molecule has 0 saturated carbocycles. The fourth-order valence-corrected chi connectivity index (χ4v) is 2.29. The Morgan fingerprint density at radius 1 is 0.706 bits per heavy atom. The van der Waals surface area contributed by atoms with Crippen LogP contribution < -0.4 is 0 Å². The largest absolute Gasteiger partial charge is 0.303 e. The minimum absolute atomic E-state index is 0.343. The van der Waals surface area contributed by atoms with Crippen molar-refractivity contribution in [3.05, 3.63) is 0 Å². The van der Waals surface area contributed by atoms with Crippen molar-refractivity contribution in [3.63, 3.8) is 0 Å². The number of aldehydes is 1. The SMILES string of the molecule is CCCCCCCCCCC(C=O)CCCC. The van der Waals surface area contributed by atoms with E-state index in [1.807, 2.05) is 0 Å². The van der Waals surface area contributed by atoms with Crippen LogP contribution in [-0.4, -0.2) is 6.29 Å². The lowest BCUT2D eigenvalue weighted by Crippen LogP contribution is -2.01. The zero-order chi connectivity index (χ0) is 12.8. The second-order valence-electron chi connectivity index (χ2n) is 5.30. The smallest absolute Gasteiger partial charge is 0.123 e. The van der Waals surface area contributed by atoms with Gasteiger partial charge in [-0.25, -0.2) is 0 Å². The highest BCUT2D eigenvalue weighted by Crippen LogP contribution is 2.16. The molecule has 0 radical (unpaired) electrons. The summed E-state index contributed by atoms with van der Waals surface area (Å²) < 4.78 is 0. The minimum Gasteiger partial charge on any atom is -0.303 e. The van der Waals surface area contributed by atoms with E-state index in [0.717, 1.165) is 12.8 Å². The van der Waals surface area contributed by atoms with Gasteiger partial charge in [-0.05, 0) is 12.8 Å². The van der Waals surface area contributed by atoms with E-state index in [2.05, 4.69) is 13.8 Å². The molecule has 17 heavy (non-hydrogen) atoms. The molecule has 0 aliphatic heterocycles. The van der Waals surface area contributed by atoms with Gasteiger partial charge in [0.25, 0.3) is 0 Å². The van der Waals surface area contributed by atoms with Crippen molar-refractivity contribution in [2.75, 3.05) is 0 Å². The molecule has 0 amide bonds. The van der Waals surface area contributed by atoms with Gasteiger partial charge in [-0.3, -0.25) is 0 Å². The van der Waals surface area contributed by atoms with Crippen molar-refractivity contribution in [2.45, 2.75) is 90.9 Å². The molecule has 0 aromatic heterocycles. The molecule has 0 fully saturated rings. The Morgan fingerprint density at radius 3 is 1.71 bits per heavy atom. The Morgan fingerprint density at radius 2 is 1.18 bits per heavy atom. The number of carbonyl (C=O) groups is 1. The first-order valence-corrected chi connectivity index (χ1v) is 7.80. The normalized spacial score (nSPS) is 12.6. The molecule has 102 valence electrons. The van der Waals surface area contributed by atoms with Crippen LogP contribution in [0, 0.1) is 5.92 Å². The van der Waals surface area contributed by atoms with Crippen LogP contribution >= 0.6 is 0 Å². The molecular weight excluding hydrogens is 208 g/mol. The van der Waals surface area contributed by atoms with Gasteiger partial charge in [-0.2, -0.15) is 0 Å². The van der Waals surface area contributed by atoms with E-state index < -0.39 is 0 Å². The zero-order valence-electron chi connectivity index (χ0n) is 12.0. The summed E-state index contributed by atoms with van der Waals surface area (Å²) in [6.45, 7) is 4.45. The van der Waals surface area contributed by atoms with Crippen LogP contribution in [0.2, 0.25) is 0 Å². The van der Waals surface area contributed by atoms with Crippen molar-refractivity contribution >= 4 is 6.29 Å². The summed E-state index contributed by atoms with van der Waals surface area (Å²) >= 11 is 0. The molecule has 0 aliphatic carbocycles. The number of carbonyl (C=O) groups excluding carboxylic acids is 1. The minimum atomic E-state index is 0.343. The summed E-state index contributed by atoms with van der Waals surface area (Å²) in [7, 11) is 0. The van der Waals surface area contributed by atoms with Gasteiger partial charge in [0.2, 0.25) is 0 Å². The standard InChI is InChI=1S/C16H32O/c1-3-5-7-8-9-10-11-12-14-16(15-17)13-6-4-2/h15-16H,3-14H2,1-2H3. The van der Waals surface area contributed by atoms with E-state index >= 15 is 0 Å². The van der Waals surface area contributed by atoms with Gasteiger partial charge in [0.1, 0.15) is 6.29 Å². The van der Waals surface area contributed by atoms with Crippen molar-refractivity contribution in [2.24, 2.45) is 5.92 Å². The van der Waals surface area contributed by atoms with Crippen LogP contribution in [-0.2, 0) is 4.79 Å². The average molecular weight is 240 g/mol. The Labute approximate surface area is 108 Å². The molecule has 0 saturated heterocycles. The quantitative estimate of drug-likeness (QED) is 0.306. The third-order valence-corrected chi connectivity index (χ3v) is 3.55. The summed E-state index contributed by atoms with van der Waals surface area (Å²) in [5.41, 5.74) is 0. The van der Waals surface area contributed by atoms with Crippen LogP contribution in [0.1, 0.15) is 90.9 Å². The molecule has 0 N–H and O–H groups in total. The predicted molar refractivity (Wildman–Crippen MR) is 76.3 cm³/mol. The molecule has 0 spiro atoms. The third kappa shape index (κ3) is 11.9. The summed E-state index contributed by atoms with van der Waals surface area (Å²) in [4.78, 5) is 10.8. The fourth-order valence-electron chi connectivity index (χ4n) is 2.29. The van der Waals surface area contributed by atoms with E-state index in [4.69, 9.17) is 0 Å². The molecular formula is C16H32O. The lowest BCUT2D eigenvalue weighted by molar-refractivity contribution is -0.111. The van der Waals surface area contributed by atoms with Crippen LogP contribution in [0.4, 0.5) is 0 Å². The number of hydrogen-bond donors (Lipinski definition) is 0. The van der Waals surface area contributed by atoms with E-state index in [1.165, 1.54) is 70.5 Å². The highest BCUT2D eigenvalue weighted by molar-refractivity contribution is 5.53. The van der Waals surface area contributed by atoms with Crippen molar-refractivity contribution in [1.29, 1.82) is 0 Å². The van der Waals surface area contributed by atoms with E-state index in [1.54, 1.807) is 0 Å². The maximum absolute atomic E-state index is 10.8. The first-order chi connectivity index (χ1) is 8.35. The van der Waals surface area contributed by atoms with E-state index in [9.17, 15) is 4.79 Å². The molecule has 1 atom stereocenters. The lowest BCUT2D eigenvalue weighted by atomic mass is 9.96. The second kappa shape index (κ2) is 13.7. The topological polar surface area (TPSA) is 17.1 Å². The van der Waals surface area contributed by atoms with Gasteiger partial charge in [0.05, 0.1) is 0 Å². The van der Waals surface area contributed by atoms with Crippen LogP contribution in [0.3, 0.4) is 0 Å². The van der Waals surface area contributed by atoms with Crippen molar-refractivity contribution in [1.82, 2.24) is 0 Å². The third-order valence-electron chi connectivity index (χ3n) is 3.55. The molecule has 0 aliphatic rings. The first kappa shape index (κ1) is 16.7.